The van der Waals surface area contributed by atoms with E-state index in [1.54, 1.807) is 24.5 Å². The van der Waals surface area contributed by atoms with Gasteiger partial charge in [-0.15, -0.1) is 0 Å². The molecule has 1 aromatic heterocycles. The van der Waals surface area contributed by atoms with Gasteiger partial charge in [-0.05, 0) is 65.6 Å². The third-order valence-electron chi connectivity index (χ3n) is 4.70. The Hall–Kier alpha value is -2.87. The highest BCUT2D eigenvalue weighted by Crippen LogP contribution is 2.37. The molecule has 0 radical (unpaired) electrons. The summed E-state index contributed by atoms with van der Waals surface area (Å²) in [5, 5.41) is 0. The maximum atomic E-state index is 13.0. The van der Waals surface area contributed by atoms with E-state index < -0.39 is 21.8 Å². The van der Waals surface area contributed by atoms with Gasteiger partial charge >= 0.3 is 6.18 Å². The summed E-state index contributed by atoms with van der Waals surface area (Å²) in [7, 11) is -4.09. The van der Waals surface area contributed by atoms with Gasteiger partial charge in [0.05, 0.1) is 16.1 Å². The van der Waals surface area contributed by atoms with E-state index in [2.05, 4.69) is 4.98 Å². The highest BCUT2D eigenvalue weighted by atomic mass is 32.2. The zero-order valence-corrected chi connectivity index (χ0v) is 15.3. The van der Waals surface area contributed by atoms with Crippen LogP contribution in [0.5, 0.6) is 0 Å². The zero-order chi connectivity index (χ0) is 19.9. The lowest BCUT2D eigenvalue weighted by atomic mass is 10.0. The SMILES string of the molecule is O=S(=O)(c1cccc(C(F)(F)F)c1)N1CCc2cc(-c3ccncc3)ccc21. The number of benzene rings is 2. The third-order valence-corrected chi connectivity index (χ3v) is 6.50. The number of alkyl halides is 3. The molecule has 0 saturated heterocycles. The van der Waals surface area contributed by atoms with Crippen molar-refractivity contribution in [2.24, 2.45) is 0 Å². The van der Waals surface area contributed by atoms with Crippen molar-refractivity contribution in [1.29, 1.82) is 0 Å². The molecule has 0 aliphatic carbocycles. The first kappa shape index (κ1) is 18.5. The molecule has 0 spiro atoms. The van der Waals surface area contributed by atoms with Crippen LogP contribution in [-0.4, -0.2) is 19.9 Å². The topological polar surface area (TPSA) is 50.3 Å². The molecule has 4 nitrogen and oxygen atoms in total. The summed E-state index contributed by atoms with van der Waals surface area (Å²) < 4.78 is 66.0. The van der Waals surface area contributed by atoms with E-state index in [0.717, 1.165) is 28.8 Å². The molecule has 3 aromatic rings. The van der Waals surface area contributed by atoms with Gasteiger partial charge < -0.3 is 0 Å². The molecule has 2 aromatic carbocycles. The van der Waals surface area contributed by atoms with Crippen LogP contribution in [0.2, 0.25) is 0 Å². The van der Waals surface area contributed by atoms with Crippen LogP contribution in [0, 0.1) is 0 Å². The van der Waals surface area contributed by atoms with E-state index in [4.69, 9.17) is 0 Å². The maximum absolute atomic E-state index is 13.0. The number of nitrogens with zero attached hydrogens (tertiary/aromatic N) is 2. The number of sulfonamides is 1. The molecule has 0 fully saturated rings. The normalized spacial score (nSPS) is 14.2. The number of aromatic nitrogens is 1. The molecule has 1 aliphatic rings. The van der Waals surface area contributed by atoms with Crippen molar-refractivity contribution < 1.29 is 21.6 Å². The van der Waals surface area contributed by atoms with Crippen LogP contribution >= 0.6 is 0 Å². The van der Waals surface area contributed by atoms with E-state index in [0.29, 0.717) is 18.2 Å². The predicted octanol–water partition coefficient (Wildman–Crippen LogP) is 4.52. The van der Waals surface area contributed by atoms with Gasteiger partial charge in [-0.3, -0.25) is 9.29 Å². The molecular formula is C20H15F3N2O2S. The van der Waals surface area contributed by atoms with Crippen molar-refractivity contribution in [2.75, 3.05) is 10.8 Å². The minimum Gasteiger partial charge on any atom is -0.266 e. The van der Waals surface area contributed by atoms with Gasteiger partial charge in [0, 0.05) is 18.9 Å². The fourth-order valence-electron chi connectivity index (χ4n) is 3.31. The summed E-state index contributed by atoms with van der Waals surface area (Å²) in [5.41, 5.74) is 2.23. The number of hydrogen-bond donors (Lipinski definition) is 0. The van der Waals surface area contributed by atoms with Gasteiger partial charge in [-0.25, -0.2) is 8.42 Å². The monoisotopic (exact) mass is 404 g/mol. The van der Waals surface area contributed by atoms with Crippen LogP contribution < -0.4 is 4.31 Å². The molecule has 0 amide bonds. The largest absolute Gasteiger partial charge is 0.416 e. The third kappa shape index (κ3) is 3.24. The Bertz CT molecular complexity index is 1130. The average molecular weight is 404 g/mol. The van der Waals surface area contributed by atoms with Gasteiger partial charge in [0.2, 0.25) is 0 Å². The van der Waals surface area contributed by atoms with Crippen molar-refractivity contribution in [1.82, 2.24) is 4.98 Å². The van der Waals surface area contributed by atoms with Crippen molar-refractivity contribution in [3.8, 4) is 11.1 Å². The van der Waals surface area contributed by atoms with Crippen molar-refractivity contribution in [2.45, 2.75) is 17.5 Å². The summed E-state index contributed by atoms with van der Waals surface area (Å²) in [6, 6.07) is 13.0. The van der Waals surface area contributed by atoms with E-state index in [1.807, 2.05) is 18.2 Å². The first-order valence-electron chi connectivity index (χ1n) is 8.50. The molecule has 8 heteroatoms. The minimum atomic E-state index is -4.60. The minimum absolute atomic E-state index is 0.188. The van der Waals surface area contributed by atoms with E-state index >= 15 is 0 Å². The summed E-state index contributed by atoms with van der Waals surface area (Å²) in [4.78, 5) is 3.61. The summed E-state index contributed by atoms with van der Waals surface area (Å²) in [6.45, 7) is 0.188. The molecule has 2 heterocycles. The van der Waals surface area contributed by atoms with Crippen molar-refractivity contribution in [3.05, 3.63) is 78.1 Å². The molecule has 0 bridgehead atoms. The molecule has 1 aliphatic heterocycles. The molecule has 0 unspecified atom stereocenters. The van der Waals surface area contributed by atoms with Gasteiger partial charge in [0.15, 0.2) is 0 Å². The Labute approximate surface area is 160 Å². The Morgan fingerprint density at radius 1 is 0.929 bits per heavy atom. The molecule has 0 N–H and O–H groups in total. The second kappa shape index (κ2) is 6.63. The van der Waals surface area contributed by atoms with Crippen molar-refractivity contribution >= 4 is 15.7 Å². The molecular weight excluding hydrogens is 389 g/mol. The van der Waals surface area contributed by atoms with E-state index in [1.165, 1.54) is 10.4 Å². The van der Waals surface area contributed by atoms with Crippen LogP contribution in [0.1, 0.15) is 11.1 Å². The number of halogens is 3. The fraction of sp³-hybridized carbons (Fsp3) is 0.150. The lowest BCUT2D eigenvalue weighted by Gasteiger charge is -2.20. The maximum Gasteiger partial charge on any atom is 0.416 e. The smallest absolute Gasteiger partial charge is 0.266 e. The lowest BCUT2D eigenvalue weighted by molar-refractivity contribution is -0.137. The van der Waals surface area contributed by atoms with Crippen LogP contribution in [0.3, 0.4) is 0 Å². The Kier molecular flexibility index (Phi) is 4.38. The second-order valence-electron chi connectivity index (χ2n) is 6.43. The van der Waals surface area contributed by atoms with Gasteiger partial charge in [0.1, 0.15) is 0 Å². The predicted molar refractivity (Wildman–Crippen MR) is 99.4 cm³/mol. The summed E-state index contributed by atoms with van der Waals surface area (Å²) in [6.07, 6.45) is -0.764. The van der Waals surface area contributed by atoms with Crippen LogP contribution in [0.4, 0.5) is 18.9 Å². The number of anilines is 1. The Balaban J connectivity index is 1.71. The lowest BCUT2D eigenvalue weighted by Crippen LogP contribution is -2.29. The van der Waals surface area contributed by atoms with Crippen molar-refractivity contribution in [3.63, 3.8) is 0 Å². The number of rotatable bonds is 3. The first-order chi connectivity index (χ1) is 13.3. The van der Waals surface area contributed by atoms with Gasteiger partial charge in [-0.2, -0.15) is 13.2 Å². The Morgan fingerprint density at radius 2 is 1.68 bits per heavy atom. The fourth-order valence-corrected chi connectivity index (χ4v) is 4.85. The summed E-state index contributed by atoms with van der Waals surface area (Å²) in [5.74, 6) is 0. The van der Waals surface area contributed by atoms with Gasteiger partial charge in [-0.1, -0.05) is 12.1 Å². The first-order valence-corrected chi connectivity index (χ1v) is 9.94. The number of pyridine rings is 1. The van der Waals surface area contributed by atoms with E-state index in [9.17, 15) is 21.6 Å². The average Bonchev–Trinajstić information content (AvgIpc) is 3.12. The van der Waals surface area contributed by atoms with Crippen LogP contribution in [-0.2, 0) is 22.6 Å². The molecule has 28 heavy (non-hydrogen) atoms. The number of fused-ring (bicyclic) bond motifs is 1. The van der Waals surface area contributed by atoms with Crippen LogP contribution in [0.15, 0.2) is 71.9 Å². The van der Waals surface area contributed by atoms with E-state index in [-0.39, 0.29) is 11.4 Å². The second-order valence-corrected chi connectivity index (χ2v) is 8.29. The Morgan fingerprint density at radius 3 is 2.39 bits per heavy atom. The van der Waals surface area contributed by atoms with Gasteiger partial charge in [0.25, 0.3) is 10.0 Å². The quantitative estimate of drug-likeness (QED) is 0.645. The van der Waals surface area contributed by atoms with Crippen LogP contribution in [0.25, 0.3) is 11.1 Å². The molecule has 144 valence electrons. The number of hydrogen-bond acceptors (Lipinski definition) is 3. The molecule has 0 saturated carbocycles. The summed E-state index contributed by atoms with van der Waals surface area (Å²) >= 11 is 0. The molecule has 4 rings (SSSR count). The molecule has 0 atom stereocenters. The zero-order valence-electron chi connectivity index (χ0n) is 14.5. The standard InChI is InChI=1S/C20H15F3N2O2S/c21-20(22,23)17-2-1-3-18(13-17)28(26,27)25-11-8-16-12-15(4-5-19(16)25)14-6-9-24-10-7-14/h1-7,9-10,12-13H,8,11H2. The highest BCUT2D eigenvalue weighted by Gasteiger charge is 2.35. The highest BCUT2D eigenvalue weighted by molar-refractivity contribution is 7.92.